The number of amides is 2. The van der Waals surface area contributed by atoms with Gasteiger partial charge in [0.1, 0.15) is 6.04 Å². The minimum Gasteiger partial charge on any atom is -0.493 e. The van der Waals surface area contributed by atoms with Crippen molar-refractivity contribution in [2.45, 2.75) is 18.8 Å². The van der Waals surface area contributed by atoms with Crippen molar-refractivity contribution in [2.24, 2.45) is 0 Å². The molecule has 32 heavy (non-hydrogen) atoms. The number of rotatable bonds is 9. The molecule has 0 aliphatic carbocycles. The molecule has 2 amide bonds. The highest BCUT2D eigenvalue weighted by atomic mass is 19.4. The lowest BCUT2D eigenvalue weighted by Crippen LogP contribution is -2.48. The summed E-state index contributed by atoms with van der Waals surface area (Å²) in [6, 6.07) is 5.72. The second-order valence-corrected chi connectivity index (χ2v) is 6.54. The number of nitrogens with one attached hydrogen (secondary N) is 2. The highest BCUT2D eigenvalue weighted by Gasteiger charge is 2.30. The molecule has 1 atom stereocenters. The maximum Gasteiger partial charge on any atom is 0.416 e. The molecule has 3 N–H and O–H groups in total. The number of ether oxygens (including phenoxy) is 3. The average molecular weight is 456 g/mol. The van der Waals surface area contributed by atoms with Crippen LogP contribution in [0.15, 0.2) is 36.4 Å². The van der Waals surface area contributed by atoms with Crippen molar-refractivity contribution in [1.82, 2.24) is 10.6 Å². The van der Waals surface area contributed by atoms with Crippen molar-refractivity contribution in [1.29, 1.82) is 0 Å². The molecule has 11 heteroatoms. The van der Waals surface area contributed by atoms with E-state index in [1.54, 1.807) is 0 Å². The molecule has 0 aromatic heterocycles. The Balaban J connectivity index is 2.06. The highest BCUT2D eigenvalue weighted by Crippen LogP contribution is 2.38. The molecule has 0 fully saturated rings. The molecule has 0 spiro atoms. The van der Waals surface area contributed by atoms with Crippen molar-refractivity contribution < 1.29 is 42.1 Å². The number of carbonyl (C=O) groups is 2. The summed E-state index contributed by atoms with van der Waals surface area (Å²) in [6.07, 6.45) is -4.46. The minimum atomic E-state index is -4.46. The van der Waals surface area contributed by atoms with E-state index in [0.29, 0.717) is 5.56 Å². The summed E-state index contributed by atoms with van der Waals surface area (Å²) in [5.74, 6) is -0.672. The van der Waals surface area contributed by atoms with E-state index >= 15 is 0 Å². The molecule has 2 aromatic rings. The van der Waals surface area contributed by atoms with E-state index in [9.17, 15) is 27.9 Å². The molecule has 0 saturated heterocycles. The fourth-order valence-corrected chi connectivity index (χ4v) is 2.77. The number of aliphatic hydroxyl groups is 1. The van der Waals surface area contributed by atoms with Gasteiger partial charge in [0, 0.05) is 12.1 Å². The number of hydrogen-bond acceptors (Lipinski definition) is 6. The number of aliphatic hydroxyl groups excluding tert-OH is 1. The van der Waals surface area contributed by atoms with Gasteiger partial charge in [-0.25, -0.2) is 0 Å². The second-order valence-electron chi connectivity index (χ2n) is 6.54. The molecular formula is C21H23F3N2O6. The summed E-state index contributed by atoms with van der Waals surface area (Å²) >= 11 is 0. The van der Waals surface area contributed by atoms with Crippen molar-refractivity contribution in [3.05, 3.63) is 53.1 Å². The summed E-state index contributed by atoms with van der Waals surface area (Å²) in [7, 11) is 4.16. The first-order valence-corrected chi connectivity index (χ1v) is 9.30. The van der Waals surface area contributed by atoms with Crippen LogP contribution in [0, 0.1) is 0 Å². The molecule has 2 aromatic carbocycles. The summed E-state index contributed by atoms with van der Waals surface area (Å²) in [5.41, 5.74) is -0.300. The van der Waals surface area contributed by atoms with E-state index in [0.717, 1.165) is 12.1 Å². The Morgan fingerprint density at radius 3 is 2.00 bits per heavy atom. The zero-order chi connectivity index (χ0) is 23.9. The van der Waals surface area contributed by atoms with Gasteiger partial charge in [-0.05, 0) is 29.8 Å². The van der Waals surface area contributed by atoms with Gasteiger partial charge in [0.05, 0.1) is 33.5 Å². The van der Waals surface area contributed by atoms with Crippen LogP contribution < -0.4 is 24.8 Å². The Morgan fingerprint density at radius 1 is 1.00 bits per heavy atom. The van der Waals surface area contributed by atoms with Crippen molar-refractivity contribution in [2.75, 3.05) is 27.9 Å². The lowest BCUT2D eigenvalue weighted by molar-refractivity contribution is -0.137. The normalized spacial score (nSPS) is 12.0. The maximum atomic E-state index is 12.6. The van der Waals surface area contributed by atoms with Crippen molar-refractivity contribution in [3.8, 4) is 17.2 Å². The van der Waals surface area contributed by atoms with E-state index in [-0.39, 0.29) is 29.4 Å². The van der Waals surface area contributed by atoms with Gasteiger partial charge in [-0.15, -0.1) is 0 Å². The fourth-order valence-electron chi connectivity index (χ4n) is 2.77. The zero-order valence-electron chi connectivity index (χ0n) is 17.6. The molecule has 0 aliphatic rings. The number of alkyl halides is 3. The number of halogens is 3. The highest BCUT2D eigenvalue weighted by molar-refractivity contribution is 5.98. The van der Waals surface area contributed by atoms with Gasteiger partial charge >= 0.3 is 6.18 Å². The third-order valence-electron chi connectivity index (χ3n) is 4.48. The van der Waals surface area contributed by atoms with E-state index in [4.69, 9.17) is 14.2 Å². The number of benzene rings is 2. The van der Waals surface area contributed by atoms with Crippen LogP contribution in [-0.4, -0.2) is 50.9 Å². The van der Waals surface area contributed by atoms with Crippen molar-refractivity contribution in [3.63, 3.8) is 0 Å². The van der Waals surface area contributed by atoms with Crippen molar-refractivity contribution >= 4 is 11.8 Å². The van der Waals surface area contributed by atoms with Gasteiger partial charge in [0.25, 0.3) is 5.91 Å². The van der Waals surface area contributed by atoms with Crippen LogP contribution in [0.1, 0.15) is 21.5 Å². The van der Waals surface area contributed by atoms with Crippen LogP contribution in [0.5, 0.6) is 17.2 Å². The first kappa shape index (κ1) is 24.8. The molecule has 0 saturated carbocycles. The third-order valence-corrected chi connectivity index (χ3v) is 4.48. The topological polar surface area (TPSA) is 106 Å². The average Bonchev–Trinajstić information content (AvgIpc) is 2.79. The van der Waals surface area contributed by atoms with Crippen LogP contribution in [0.4, 0.5) is 13.2 Å². The predicted octanol–water partition coefficient (Wildman–Crippen LogP) is 2.14. The van der Waals surface area contributed by atoms with E-state index in [2.05, 4.69) is 10.6 Å². The number of hydrogen-bond donors (Lipinski definition) is 3. The number of methoxy groups -OCH3 is 3. The quantitative estimate of drug-likeness (QED) is 0.534. The van der Waals surface area contributed by atoms with E-state index in [1.807, 2.05) is 0 Å². The van der Waals surface area contributed by atoms with Crippen LogP contribution in [-0.2, 0) is 17.5 Å². The van der Waals surface area contributed by atoms with Gasteiger partial charge in [0.2, 0.25) is 11.7 Å². The summed E-state index contributed by atoms with van der Waals surface area (Å²) < 4.78 is 53.4. The standard InChI is InChI=1S/C21H23F3N2O6/c1-30-16-8-13(9-17(31-2)18(16)32-3)19(28)26-15(11-27)20(29)25-10-12-4-6-14(7-5-12)21(22,23)24/h4-9,15,27H,10-11H2,1-3H3,(H,25,29)(H,26,28)/t15-/m0/s1. The molecule has 0 heterocycles. The van der Waals surface area contributed by atoms with E-state index < -0.39 is 36.2 Å². The minimum absolute atomic E-state index is 0.0898. The lowest BCUT2D eigenvalue weighted by Gasteiger charge is -2.18. The first-order valence-electron chi connectivity index (χ1n) is 9.30. The monoisotopic (exact) mass is 456 g/mol. The van der Waals surface area contributed by atoms with Crippen LogP contribution in [0.25, 0.3) is 0 Å². The smallest absolute Gasteiger partial charge is 0.416 e. The van der Waals surface area contributed by atoms with E-state index in [1.165, 1.54) is 45.6 Å². The first-order chi connectivity index (χ1) is 15.1. The largest absolute Gasteiger partial charge is 0.493 e. The maximum absolute atomic E-state index is 12.6. The predicted molar refractivity (Wildman–Crippen MR) is 108 cm³/mol. The van der Waals surface area contributed by atoms with Crippen LogP contribution in [0.2, 0.25) is 0 Å². The van der Waals surface area contributed by atoms with Gasteiger partial charge in [-0.3, -0.25) is 9.59 Å². The zero-order valence-corrected chi connectivity index (χ0v) is 17.6. The van der Waals surface area contributed by atoms with Gasteiger partial charge < -0.3 is 30.0 Å². The molecule has 2 rings (SSSR count). The molecule has 0 bridgehead atoms. The Morgan fingerprint density at radius 2 is 1.56 bits per heavy atom. The summed E-state index contributed by atoms with van der Waals surface area (Å²) in [4.78, 5) is 25.0. The van der Waals surface area contributed by atoms with Gasteiger partial charge in [0.15, 0.2) is 11.5 Å². The Bertz CT molecular complexity index is 923. The number of carbonyl (C=O) groups excluding carboxylic acids is 2. The third kappa shape index (κ3) is 6.03. The van der Waals surface area contributed by atoms with Crippen LogP contribution >= 0.6 is 0 Å². The molecular weight excluding hydrogens is 433 g/mol. The van der Waals surface area contributed by atoms with Crippen LogP contribution in [0.3, 0.4) is 0 Å². The SMILES string of the molecule is COc1cc(C(=O)N[C@@H](CO)C(=O)NCc2ccc(C(F)(F)F)cc2)cc(OC)c1OC. The molecule has 0 unspecified atom stereocenters. The molecule has 174 valence electrons. The Kier molecular flexibility index (Phi) is 8.30. The summed E-state index contributed by atoms with van der Waals surface area (Å²) in [6.45, 7) is -0.789. The Hall–Kier alpha value is -3.47. The molecule has 0 aliphatic heterocycles. The Labute approximate surface area is 182 Å². The van der Waals surface area contributed by atoms with Gasteiger partial charge in [-0.2, -0.15) is 13.2 Å². The summed E-state index contributed by atoms with van der Waals surface area (Å²) in [5, 5.41) is 14.4. The second kappa shape index (κ2) is 10.7. The fraction of sp³-hybridized carbons (Fsp3) is 0.333. The van der Waals surface area contributed by atoms with Gasteiger partial charge in [-0.1, -0.05) is 12.1 Å². The molecule has 8 nitrogen and oxygen atoms in total. The molecule has 0 radical (unpaired) electrons. The lowest BCUT2D eigenvalue weighted by atomic mass is 10.1.